The molecule has 1 heterocycles. The lowest BCUT2D eigenvalue weighted by Gasteiger charge is -2.34. The van der Waals surface area contributed by atoms with E-state index in [4.69, 9.17) is 4.74 Å². The molecule has 1 fully saturated rings. The summed E-state index contributed by atoms with van der Waals surface area (Å²) in [5.41, 5.74) is 2.39. The number of rotatable bonds is 3. The average molecular weight is 318 g/mol. The van der Waals surface area contributed by atoms with Crippen molar-refractivity contribution in [3.05, 3.63) is 29.3 Å². The molecule has 1 aromatic carbocycles. The van der Waals surface area contributed by atoms with Gasteiger partial charge in [-0.2, -0.15) is 0 Å². The van der Waals surface area contributed by atoms with Gasteiger partial charge in [-0.05, 0) is 55.7 Å². The van der Waals surface area contributed by atoms with Crippen molar-refractivity contribution in [2.75, 3.05) is 20.2 Å². The normalized spacial score (nSPS) is 22.6. The van der Waals surface area contributed by atoms with E-state index in [1.54, 1.807) is 7.11 Å². The molecule has 2 atom stereocenters. The van der Waals surface area contributed by atoms with Gasteiger partial charge in [0.25, 0.3) is 0 Å². The van der Waals surface area contributed by atoms with Crippen LogP contribution in [0.4, 0.5) is 4.79 Å². The number of carbonyl (C=O) groups excluding carboxylic acids is 1. The van der Waals surface area contributed by atoms with Crippen molar-refractivity contribution in [2.24, 2.45) is 5.92 Å². The third kappa shape index (κ3) is 3.29. The van der Waals surface area contributed by atoms with E-state index in [9.17, 15) is 9.90 Å². The second kappa shape index (κ2) is 6.79. The Morgan fingerprint density at radius 3 is 2.74 bits per heavy atom. The zero-order valence-electron chi connectivity index (χ0n) is 13.9. The Bertz CT molecular complexity index is 565. The quantitative estimate of drug-likeness (QED) is 0.900. The number of hydrogen-bond acceptors (Lipinski definition) is 3. The molecule has 1 aromatic rings. The van der Waals surface area contributed by atoms with Gasteiger partial charge in [0, 0.05) is 13.1 Å². The number of likely N-dealkylation sites (tertiary alicyclic amines) is 1. The predicted molar refractivity (Wildman–Crippen MR) is 88.6 cm³/mol. The summed E-state index contributed by atoms with van der Waals surface area (Å²) in [6, 6.07) is 6.12. The summed E-state index contributed by atoms with van der Waals surface area (Å²) < 4.78 is 5.41. The van der Waals surface area contributed by atoms with Gasteiger partial charge in [-0.15, -0.1) is 0 Å². The van der Waals surface area contributed by atoms with Crippen molar-refractivity contribution >= 4 is 6.03 Å². The highest BCUT2D eigenvalue weighted by molar-refractivity contribution is 5.75. The molecule has 5 nitrogen and oxygen atoms in total. The molecular weight excluding hydrogens is 292 g/mol. The average Bonchev–Trinajstić information content (AvgIpc) is 2.98. The summed E-state index contributed by atoms with van der Waals surface area (Å²) in [7, 11) is 1.69. The topological polar surface area (TPSA) is 61.8 Å². The van der Waals surface area contributed by atoms with Gasteiger partial charge in [0.2, 0.25) is 0 Å². The molecule has 2 amide bonds. The number of ether oxygens (including phenoxy) is 1. The minimum atomic E-state index is -0.283. The Labute approximate surface area is 137 Å². The van der Waals surface area contributed by atoms with E-state index in [1.165, 1.54) is 11.1 Å². The van der Waals surface area contributed by atoms with Gasteiger partial charge >= 0.3 is 6.03 Å². The van der Waals surface area contributed by atoms with Gasteiger partial charge in [-0.25, -0.2) is 4.79 Å². The summed E-state index contributed by atoms with van der Waals surface area (Å²) in [5.74, 6) is 1.23. The second-order valence-corrected chi connectivity index (χ2v) is 6.63. The number of aliphatic hydroxyl groups excluding tert-OH is 1. The lowest BCUT2D eigenvalue weighted by atomic mass is 9.92. The van der Waals surface area contributed by atoms with Gasteiger partial charge in [0.1, 0.15) is 5.75 Å². The third-order valence-electron chi connectivity index (χ3n) is 5.25. The third-order valence-corrected chi connectivity index (χ3v) is 5.25. The number of carbonyl (C=O) groups is 1. The van der Waals surface area contributed by atoms with Crippen molar-refractivity contribution in [1.29, 1.82) is 0 Å². The van der Waals surface area contributed by atoms with Crippen LogP contribution >= 0.6 is 0 Å². The van der Waals surface area contributed by atoms with E-state index in [2.05, 4.69) is 11.4 Å². The van der Waals surface area contributed by atoms with Crippen LogP contribution in [0.5, 0.6) is 5.75 Å². The maximum absolute atomic E-state index is 12.5. The van der Waals surface area contributed by atoms with Crippen LogP contribution in [0.3, 0.4) is 0 Å². The van der Waals surface area contributed by atoms with Crippen LogP contribution in [-0.2, 0) is 6.42 Å². The number of nitrogens with one attached hydrogen (secondary N) is 1. The Kier molecular flexibility index (Phi) is 4.76. The van der Waals surface area contributed by atoms with E-state index >= 15 is 0 Å². The predicted octanol–water partition coefficient (Wildman–Crippen LogP) is 2.48. The van der Waals surface area contributed by atoms with E-state index in [-0.39, 0.29) is 18.2 Å². The van der Waals surface area contributed by atoms with Crippen LogP contribution in [0.25, 0.3) is 0 Å². The highest BCUT2D eigenvalue weighted by Crippen LogP contribution is 2.37. The smallest absolute Gasteiger partial charge is 0.317 e. The Morgan fingerprint density at radius 1 is 1.35 bits per heavy atom. The summed E-state index contributed by atoms with van der Waals surface area (Å²) in [5, 5.41) is 12.8. The molecule has 5 heteroatoms. The van der Waals surface area contributed by atoms with Crippen LogP contribution in [0.2, 0.25) is 0 Å². The number of hydrogen-bond donors (Lipinski definition) is 2. The number of amides is 2. The molecule has 126 valence electrons. The molecule has 0 saturated carbocycles. The van der Waals surface area contributed by atoms with Gasteiger partial charge < -0.3 is 20.1 Å². The first-order valence-electron chi connectivity index (χ1n) is 8.49. The Hall–Kier alpha value is -1.75. The fourth-order valence-corrected chi connectivity index (χ4v) is 3.79. The molecule has 1 aliphatic heterocycles. The van der Waals surface area contributed by atoms with Crippen molar-refractivity contribution < 1.29 is 14.6 Å². The van der Waals surface area contributed by atoms with Gasteiger partial charge in [0.05, 0.1) is 19.3 Å². The molecule has 2 aliphatic rings. The molecule has 2 N–H and O–H groups in total. The lowest BCUT2D eigenvalue weighted by Crippen LogP contribution is -2.46. The first-order valence-corrected chi connectivity index (χ1v) is 8.49. The minimum Gasteiger partial charge on any atom is -0.496 e. The first-order chi connectivity index (χ1) is 11.1. The van der Waals surface area contributed by atoms with Gasteiger partial charge in [-0.1, -0.05) is 12.1 Å². The lowest BCUT2D eigenvalue weighted by molar-refractivity contribution is 0.0793. The van der Waals surface area contributed by atoms with Crippen LogP contribution in [0.15, 0.2) is 18.2 Å². The van der Waals surface area contributed by atoms with E-state index < -0.39 is 0 Å². The Morgan fingerprint density at radius 2 is 2.09 bits per heavy atom. The van der Waals surface area contributed by atoms with Crippen LogP contribution < -0.4 is 10.1 Å². The number of fused-ring (bicyclic) bond motifs is 1. The fraction of sp³-hybridized carbons (Fsp3) is 0.611. The SMILES string of the molecule is COc1cccc2c1CCC2NC(=O)N1CCC(C(C)O)CC1. The van der Waals surface area contributed by atoms with Crippen LogP contribution in [0.1, 0.15) is 43.4 Å². The molecule has 2 unspecified atom stereocenters. The zero-order chi connectivity index (χ0) is 16.4. The van der Waals surface area contributed by atoms with Crippen molar-refractivity contribution in [2.45, 2.75) is 44.8 Å². The number of aliphatic hydroxyl groups is 1. The van der Waals surface area contributed by atoms with Crippen molar-refractivity contribution in [3.63, 3.8) is 0 Å². The fourth-order valence-electron chi connectivity index (χ4n) is 3.79. The molecular formula is C18H26N2O3. The van der Waals surface area contributed by atoms with Crippen molar-refractivity contribution in [3.8, 4) is 5.75 Å². The standard InChI is InChI=1S/C18H26N2O3/c1-12(21)13-8-10-20(11-9-13)18(22)19-16-7-6-15-14(16)4-3-5-17(15)23-2/h3-5,12-13,16,21H,6-11H2,1-2H3,(H,19,22). The highest BCUT2D eigenvalue weighted by atomic mass is 16.5. The molecule has 23 heavy (non-hydrogen) atoms. The van der Waals surface area contributed by atoms with Crippen molar-refractivity contribution in [1.82, 2.24) is 10.2 Å². The van der Waals surface area contributed by atoms with Crippen LogP contribution in [-0.4, -0.2) is 42.3 Å². The summed E-state index contributed by atoms with van der Waals surface area (Å²) >= 11 is 0. The molecule has 1 saturated heterocycles. The highest BCUT2D eigenvalue weighted by Gasteiger charge is 2.30. The van der Waals surface area contributed by atoms with Gasteiger partial charge in [-0.3, -0.25) is 0 Å². The molecule has 0 bridgehead atoms. The number of benzene rings is 1. The van der Waals surface area contributed by atoms with E-state index in [1.807, 2.05) is 24.0 Å². The number of methoxy groups -OCH3 is 1. The first kappa shape index (κ1) is 16.1. The van der Waals surface area contributed by atoms with E-state index in [0.29, 0.717) is 5.92 Å². The molecule has 0 radical (unpaired) electrons. The number of urea groups is 1. The molecule has 0 aromatic heterocycles. The van der Waals surface area contributed by atoms with Crippen LogP contribution in [0, 0.1) is 5.92 Å². The minimum absolute atomic E-state index is 0.00899. The molecule has 3 rings (SSSR count). The number of nitrogens with zero attached hydrogens (tertiary/aromatic N) is 1. The monoisotopic (exact) mass is 318 g/mol. The second-order valence-electron chi connectivity index (χ2n) is 6.63. The Balaban J connectivity index is 1.61. The maximum Gasteiger partial charge on any atom is 0.317 e. The number of piperidine rings is 1. The summed E-state index contributed by atoms with van der Waals surface area (Å²) in [4.78, 5) is 14.4. The summed E-state index contributed by atoms with van der Waals surface area (Å²) in [6.45, 7) is 3.28. The largest absolute Gasteiger partial charge is 0.496 e. The zero-order valence-corrected chi connectivity index (χ0v) is 13.9. The maximum atomic E-state index is 12.5. The molecule has 1 aliphatic carbocycles. The molecule has 0 spiro atoms. The summed E-state index contributed by atoms with van der Waals surface area (Å²) in [6.07, 6.45) is 3.33. The van der Waals surface area contributed by atoms with Gasteiger partial charge in [0.15, 0.2) is 0 Å². The van der Waals surface area contributed by atoms with E-state index in [0.717, 1.165) is 44.5 Å².